The van der Waals surface area contributed by atoms with Crippen molar-refractivity contribution in [1.82, 2.24) is 4.75 Å². The van der Waals surface area contributed by atoms with Crippen LogP contribution in [0.3, 0.4) is 0 Å². The first kappa shape index (κ1) is 8.31. The fourth-order valence-electron chi connectivity index (χ4n) is 2.08. The highest BCUT2D eigenvalue weighted by atomic mass is 31.0. The van der Waals surface area contributed by atoms with E-state index in [0.29, 0.717) is 0 Å². The second-order valence-corrected chi connectivity index (χ2v) is 4.76. The summed E-state index contributed by atoms with van der Waals surface area (Å²) in [5.74, 6) is 0.883. The van der Waals surface area contributed by atoms with Crippen molar-refractivity contribution in [2.24, 2.45) is 0 Å². The van der Waals surface area contributed by atoms with Gasteiger partial charge < -0.3 is 0 Å². The van der Waals surface area contributed by atoms with Crippen LogP contribution in [0.2, 0.25) is 0 Å². The first-order chi connectivity index (χ1) is 5.97. The average Bonchev–Trinajstić information content (AvgIpc) is 2.48. The van der Waals surface area contributed by atoms with Gasteiger partial charge in [-0.2, -0.15) is 0 Å². The van der Waals surface area contributed by atoms with Crippen molar-refractivity contribution in [3.63, 3.8) is 0 Å². The first-order valence-electron chi connectivity index (χ1n) is 4.96. The van der Waals surface area contributed by atoms with Gasteiger partial charge in [0, 0.05) is 6.20 Å². The van der Waals surface area contributed by atoms with E-state index in [-0.39, 0.29) is 0 Å². The number of aromatic nitrogens is 1. The third kappa shape index (κ3) is 1.90. The van der Waals surface area contributed by atoms with E-state index in [1.807, 2.05) is 6.20 Å². The van der Waals surface area contributed by atoms with Gasteiger partial charge in [0.25, 0.3) is 0 Å². The van der Waals surface area contributed by atoms with Crippen molar-refractivity contribution in [2.75, 3.05) is 0 Å². The van der Waals surface area contributed by atoms with Crippen LogP contribution in [0.15, 0.2) is 12.3 Å². The largest absolute Gasteiger partial charge is 0.249 e. The predicted molar refractivity (Wildman–Crippen MR) is 54.2 cm³/mol. The van der Waals surface area contributed by atoms with Crippen LogP contribution in [0.25, 0.3) is 0 Å². The lowest BCUT2D eigenvalue weighted by atomic mass is 9.99. The lowest BCUT2D eigenvalue weighted by molar-refractivity contribution is 0.602. The quantitative estimate of drug-likeness (QED) is 0.604. The predicted octanol–water partition coefficient (Wildman–Crippen LogP) is 3.55. The maximum atomic E-state index is 4.28. The molecule has 0 spiro atoms. The van der Waals surface area contributed by atoms with Gasteiger partial charge in [-0.15, -0.1) is 0 Å². The molecule has 1 saturated carbocycles. The molecule has 0 aromatic carbocycles. The molecule has 0 saturated heterocycles. The third-order valence-electron chi connectivity index (χ3n) is 2.82. The SMILES string of the molecule is c1cc(C2CCCCCC2)[pH]n1. The maximum Gasteiger partial charge on any atom is 0.0312 e. The number of nitrogens with zero attached hydrogens (tertiary/aromatic N) is 1. The van der Waals surface area contributed by atoms with Gasteiger partial charge in [0.1, 0.15) is 0 Å². The van der Waals surface area contributed by atoms with Crippen LogP contribution in [-0.2, 0) is 0 Å². The molecule has 12 heavy (non-hydrogen) atoms. The van der Waals surface area contributed by atoms with Crippen molar-refractivity contribution in [3.8, 4) is 0 Å². The Bertz CT molecular complexity index is 210. The number of hydrogen-bond acceptors (Lipinski definition) is 1. The Labute approximate surface area is 75.7 Å². The van der Waals surface area contributed by atoms with Gasteiger partial charge in [0.05, 0.1) is 0 Å². The van der Waals surface area contributed by atoms with Crippen LogP contribution in [-0.4, -0.2) is 4.75 Å². The molecule has 0 aliphatic heterocycles. The number of rotatable bonds is 1. The molecule has 1 unspecified atom stereocenters. The zero-order chi connectivity index (χ0) is 8.23. The van der Waals surface area contributed by atoms with Gasteiger partial charge in [0.15, 0.2) is 0 Å². The van der Waals surface area contributed by atoms with Crippen LogP contribution in [0.5, 0.6) is 0 Å². The van der Waals surface area contributed by atoms with Gasteiger partial charge in [-0.1, -0.05) is 25.7 Å². The Morgan fingerprint density at radius 3 is 2.50 bits per heavy atom. The van der Waals surface area contributed by atoms with E-state index >= 15 is 0 Å². The summed E-state index contributed by atoms with van der Waals surface area (Å²) in [6, 6.07) is 2.24. The van der Waals surface area contributed by atoms with Crippen molar-refractivity contribution in [2.45, 2.75) is 44.4 Å². The molecular weight excluding hydrogens is 165 g/mol. The van der Waals surface area contributed by atoms with Crippen molar-refractivity contribution in [3.05, 3.63) is 17.6 Å². The molecule has 1 heterocycles. The summed E-state index contributed by atoms with van der Waals surface area (Å²) in [4.78, 5) is 0. The topological polar surface area (TPSA) is 12.9 Å². The van der Waals surface area contributed by atoms with Crippen molar-refractivity contribution in [1.29, 1.82) is 0 Å². The minimum Gasteiger partial charge on any atom is -0.249 e. The fraction of sp³-hybridized carbons (Fsp3) is 0.700. The minimum absolute atomic E-state index is 0.758. The van der Waals surface area contributed by atoms with E-state index in [2.05, 4.69) is 10.8 Å². The van der Waals surface area contributed by atoms with E-state index in [9.17, 15) is 0 Å². The zero-order valence-electron chi connectivity index (χ0n) is 7.42. The molecule has 2 rings (SSSR count). The monoisotopic (exact) mass is 181 g/mol. The van der Waals surface area contributed by atoms with E-state index in [0.717, 1.165) is 14.3 Å². The molecule has 1 aromatic heterocycles. The second-order valence-electron chi connectivity index (χ2n) is 3.70. The Morgan fingerprint density at radius 2 is 1.92 bits per heavy atom. The summed E-state index contributed by atoms with van der Waals surface area (Å²) in [6.45, 7) is 0. The summed E-state index contributed by atoms with van der Waals surface area (Å²) in [7, 11) is 0.758. The molecule has 1 aromatic rings. The average molecular weight is 181 g/mol. The van der Waals surface area contributed by atoms with E-state index in [4.69, 9.17) is 0 Å². The van der Waals surface area contributed by atoms with Crippen LogP contribution < -0.4 is 0 Å². The fourth-order valence-corrected chi connectivity index (χ4v) is 3.00. The van der Waals surface area contributed by atoms with Crippen LogP contribution >= 0.6 is 8.35 Å². The van der Waals surface area contributed by atoms with E-state index in [1.165, 1.54) is 38.5 Å². The normalized spacial score (nSPS) is 21.3. The Hall–Kier alpha value is -0.290. The molecule has 0 radical (unpaired) electrons. The van der Waals surface area contributed by atoms with Crippen LogP contribution in [0, 0.1) is 0 Å². The van der Waals surface area contributed by atoms with E-state index in [1.54, 1.807) is 5.30 Å². The molecule has 0 bridgehead atoms. The molecule has 0 N–H and O–H groups in total. The van der Waals surface area contributed by atoms with Gasteiger partial charge >= 0.3 is 0 Å². The highest BCUT2D eigenvalue weighted by Gasteiger charge is 2.14. The van der Waals surface area contributed by atoms with Crippen molar-refractivity contribution < 1.29 is 0 Å². The second kappa shape index (κ2) is 4.09. The third-order valence-corrected chi connectivity index (χ3v) is 3.93. The van der Waals surface area contributed by atoms with Gasteiger partial charge in [-0.3, -0.25) is 0 Å². The molecule has 1 aliphatic rings. The molecule has 1 atom stereocenters. The molecule has 1 aliphatic carbocycles. The maximum absolute atomic E-state index is 4.28. The molecule has 0 amide bonds. The smallest absolute Gasteiger partial charge is 0.0312 e. The Morgan fingerprint density at radius 1 is 1.17 bits per heavy atom. The van der Waals surface area contributed by atoms with E-state index < -0.39 is 0 Å². The molecule has 1 nitrogen and oxygen atoms in total. The lowest BCUT2D eigenvalue weighted by Crippen LogP contribution is -1.92. The highest BCUT2D eigenvalue weighted by molar-refractivity contribution is 7.26. The molecular formula is C10H16NP. The lowest BCUT2D eigenvalue weighted by Gasteiger charge is -2.10. The summed E-state index contributed by atoms with van der Waals surface area (Å²) in [6.07, 6.45) is 10.6. The molecule has 66 valence electrons. The summed E-state index contributed by atoms with van der Waals surface area (Å²) >= 11 is 0. The Balaban J connectivity index is 2.02. The number of hydrogen-bond donors (Lipinski definition) is 0. The molecule has 2 heteroatoms. The first-order valence-corrected chi connectivity index (χ1v) is 5.91. The van der Waals surface area contributed by atoms with Crippen LogP contribution in [0.4, 0.5) is 0 Å². The van der Waals surface area contributed by atoms with Crippen LogP contribution in [0.1, 0.15) is 49.7 Å². The van der Waals surface area contributed by atoms with Gasteiger partial charge in [-0.05, 0) is 38.5 Å². The highest BCUT2D eigenvalue weighted by Crippen LogP contribution is 2.34. The standard InChI is InChI=1S/C10H16NP/c1-2-4-6-9(5-3-1)10-7-8-11-12-10/h7-9,12H,1-6H2. The zero-order valence-corrected chi connectivity index (χ0v) is 8.42. The summed E-state index contributed by atoms with van der Waals surface area (Å²) < 4.78 is 4.28. The van der Waals surface area contributed by atoms with Gasteiger partial charge in [0.2, 0.25) is 0 Å². The molecule has 1 fully saturated rings. The van der Waals surface area contributed by atoms with Gasteiger partial charge in [-0.25, -0.2) is 4.75 Å². The van der Waals surface area contributed by atoms with Crippen molar-refractivity contribution >= 4 is 8.35 Å². The Kier molecular flexibility index (Phi) is 2.83. The minimum atomic E-state index is 0.758. The summed E-state index contributed by atoms with van der Waals surface area (Å²) in [5, 5.41) is 1.62. The summed E-state index contributed by atoms with van der Waals surface area (Å²) in [5.41, 5.74) is 0.